The summed E-state index contributed by atoms with van der Waals surface area (Å²) in [5, 5.41) is 3.25. The van der Waals surface area contributed by atoms with Crippen molar-refractivity contribution in [2.45, 2.75) is 39.8 Å². The lowest BCUT2D eigenvalue weighted by atomic mass is 10.1. The van der Waals surface area contributed by atoms with Gasteiger partial charge in [-0.2, -0.15) is 0 Å². The van der Waals surface area contributed by atoms with E-state index in [1.165, 1.54) is 11.1 Å². The molecule has 1 fully saturated rings. The Morgan fingerprint density at radius 2 is 2.26 bits per heavy atom. The van der Waals surface area contributed by atoms with Crippen LogP contribution in [0, 0.1) is 13.8 Å². The highest BCUT2D eigenvalue weighted by atomic mass is 16.5. The van der Waals surface area contributed by atoms with Gasteiger partial charge in [-0.15, -0.1) is 0 Å². The van der Waals surface area contributed by atoms with Gasteiger partial charge in [0.1, 0.15) is 5.82 Å². The zero-order valence-corrected chi connectivity index (χ0v) is 12.5. The van der Waals surface area contributed by atoms with Crippen molar-refractivity contribution in [2.75, 3.05) is 31.6 Å². The summed E-state index contributed by atoms with van der Waals surface area (Å²) in [5.41, 5.74) is 3.72. The second-order valence-corrected chi connectivity index (χ2v) is 5.26. The fourth-order valence-corrected chi connectivity index (χ4v) is 2.66. The topological polar surface area (TPSA) is 37.4 Å². The van der Waals surface area contributed by atoms with Gasteiger partial charge in [0.05, 0.1) is 12.7 Å². The standard InChI is InChI=1S/C15H25N3O/c1-5-13-10-18(6-7-19-13)15-14(9-16-4)11(2)8-12(3)17-15/h8,13,16H,5-7,9-10H2,1-4H3. The van der Waals surface area contributed by atoms with E-state index >= 15 is 0 Å². The van der Waals surface area contributed by atoms with Gasteiger partial charge in [0.25, 0.3) is 0 Å². The largest absolute Gasteiger partial charge is 0.375 e. The van der Waals surface area contributed by atoms with Gasteiger partial charge in [-0.3, -0.25) is 0 Å². The summed E-state index contributed by atoms with van der Waals surface area (Å²) in [6.45, 7) is 9.96. The first kappa shape index (κ1) is 14.3. The molecule has 0 radical (unpaired) electrons. The first-order chi connectivity index (χ1) is 9.15. The van der Waals surface area contributed by atoms with E-state index in [0.717, 1.165) is 44.2 Å². The lowest BCUT2D eigenvalue weighted by Crippen LogP contribution is -2.43. The van der Waals surface area contributed by atoms with Crippen LogP contribution >= 0.6 is 0 Å². The van der Waals surface area contributed by atoms with Crippen LogP contribution in [0.4, 0.5) is 5.82 Å². The Balaban J connectivity index is 2.31. The van der Waals surface area contributed by atoms with Gasteiger partial charge < -0.3 is 15.0 Å². The fourth-order valence-electron chi connectivity index (χ4n) is 2.66. The lowest BCUT2D eigenvalue weighted by molar-refractivity contribution is 0.0381. The highest BCUT2D eigenvalue weighted by Gasteiger charge is 2.22. The molecule has 1 unspecified atom stereocenters. The second kappa shape index (κ2) is 6.35. The molecular weight excluding hydrogens is 238 g/mol. The molecule has 1 saturated heterocycles. The smallest absolute Gasteiger partial charge is 0.133 e. The molecule has 0 aliphatic carbocycles. The van der Waals surface area contributed by atoms with Crippen molar-refractivity contribution in [1.82, 2.24) is 10.3 Å². The van der Waals surface area contributed by atoms with Crippen LogP contribution in [0.2, 0.25) is 0 Å². The minimum absolute atomic E-state index is 0.332. The average Bonchev–Trinajstić information content (AvgIpc) is 2.41. The Labute approximate surface area is 116 Å². The molecule has 0 amide bonds. The van der Waals surface area contributed by atoms with Crippen molar-refractivity contribution >= 4 is 5.82 Å². The van der Waals surface area contributed by atoms with E-state index in [9.17, 15) is 0 Å². The Morgan fingerprint density at radius 1 is 1.47 bits per heavy atom. The summed E-state index contributed by atoms with van der Waals surface area (Å²) in [7, 11) is 1.98. The fraction of sp³-hybridized carbons (Fsp3) is 0.667. The summed E-state index contributed by atoms with van der Waals surface area (Å²) in [4.78, 5) is 7.15. The highest BCUT2D eigenvalue weighted by Crippen LogP contribution is 2.24. The molecule has 0 saturated carbocycles. The van der Waals surface area contributed by atoms with E-state index in [0.29, 0.717) is 6.10 Å². The van der Waals surface area contributed by atoms with E-state index < -0.39 is 0 Å². The Hall–Kier alpha value is -1.13. The molecular formula is C15H25N3O. The first-order valence-electron chi connectivity index (χ1n) is 7.14. The molecule has 1 atom stereocenters. The van der Waals surface area contributed by atoms with Crippen LogP contribution in [0.3, 0.4) is 0 Å². The van der Waals surface area contributed by atoms with Crippen molar-refractivity contribution < 1.29 is 4.74 Å². The molecule has 1 N–H and O–H groups in total. The number of morpholine rings is 1. The molecule has 1 aliphatic heterocycles. The van der Waals surface area contributed by atoms with Gasteiger partial charge in [0.15, 0.2) is 0 Å². The third kappa shape index (κ3) is 3.25. The maximum Gasteiger partial charge on any atom is 0.133 e. The summed E-state index contributed by atoms with van der Waals surface area (Å²) < 4.78 is 5.75. The van der Waals surface area contributed by atoms with Crippen molar-refractivity contribution in [3.8, 4) is 0 Å². The monoisotopic (exact) mass is 263 g/mol. The van der Waals surface area contributed by atoms with Crippen LogP contribution in [-0.2, 0) is 11.3 Å². The summed E-state index contributed by atoms with van der Waals surface area (Å²) in [5.74, 6) is 1.13. The molecule has 0 bridgehead atoms. The van der Waals surface area contributed by atoms with Crippen LogP contribution in [0.25, 0.3) is 0 Å². The van der Waals surface area contributed by atoms with Crippen LogP contribution in [0.5, 0.6) is 0 Å². The number of anilines is 1. The molecule has 2 heterocycles. The van der Waals surface area contributed by atoms with Gasteiger partial charge in [-0.05, 0) is 38.9 Å². The number of hydrogen-bond acceptors (Lipinski definition) is 4. The molecule has 0 aromatic carbocycles. The summed E-state index contributed by atoms with van der Waals surface area (Å²) in [6.07, 6.45) is 1.39. The zero-order valence-electron chi connectivity index (χ0n) is 12.5. The van der Waals surface area contributed by atoms with E-state index in [4.69, 9.17) is 9.72 Å². The van der Waals surface area contributed by atoms with Gasteiger partial charge >= 0.3 is 0 Å². The van der Waals surface area contributed by atoms with Crippen LogP contribution < -0.4 is 10.2 Å². The Kier molecular flexibility index (Phi) is 4.77. The molecule has 0 spiro atoms. The van der Waals surface area contributed by atoms with Crippen molar-refractivity contribution in [2.24, 2.45) is 0 Å². The summed E-state index contributed by atoms with van der Waals surface area (Å²) in [6, 6.07) is 2.16. The second-order valence-electron chi connectivity index (χ2n) is 5.26. The van der Waals surface area contributed by atoms with E-state index in [1.54, 1.807) is 0 Å². The number of rotatable bonds is 4. The Bertz CT molecular complexity index is 434. The predicted octanol–water partition coefficient (Wildman–Crippen LogP) is 2.03. The van der Waals surface area contributed by atoms with Crippen LogP contribution in [0.1, 0.15) is 30.2 Å². The number of aryl methyl sites for hydroxylation is 2. The molecule has 1 aromatic rings. The van der Waals surface area contributed by atoms with Crippen molar-refractivity contribution in [3.63, 3.8) is 0 Å². The van der Waals surface area contributed by atoms with Crippen LogP contribution in [-0.4, -0.2) is 37.8 Å². The minimum atomic E-state index is 0.332. The van der Waals surface area contributed by atoms with Crippen LogP contribution in [0.15, 0.2) is 6.07 Å². The van der Waals surface area contributed by atoms with Gasteiger partial charge in [-0.25, -0.2) is 4.98 Å². The number of pyridine rings is 1. The number of nitrogens with one attached hydrogen (secondary N) is 1. The summed E-state index contributed by atoms with van der Waals surface area (Å²) >= 11 is 0. The predicted molar refractivity (Wildman–Crippen MR) is 78.7 cm³/mol. The minimum Gasteiger partial charge on any atom is -0.375 e. The third-order valence-electron chi connectivity index (χ3n) is 3.70. The number of ether oxygens (including phenoxy) is 1. The molecule has 4 heteroatoms. The maximum absolute atomic E-state index is 5.75. The lowest BCUT2D eigenvalue weighted by Gasteiger charge is -2.35. The highest BCUT2D eigenvalue weighted by molar-refractivity contribution is 5.52. The molecule has 106 valence electrons. The van der Waals surface area contributed by atoms with Crippen molar-refractivity contribution in [1.29, 1.82) is 0 Å². The van der Waals surface area contributed by atoms with Crippen molar-refractivity contribution in [3.05, 3.63) is 22.9 Å². The van der Waals surface area contributed by atoms with Gasteiger partial charge in [0, 0.05) is 30.9 Å². The zero-order chi connectivity index (χ0) is 13.8. The molecule has 2 rings (SSSR count). The third-order valence-corrected chi connectivity index (χ3v) is 3.70. The number of nitrogens with zero attached hydrogens (tertiary/aromatic N) is 2. The van der Waals surface area contributed by atoms with E-state index in [1.807, 2.05) is 7.05 Å². The number of hydrogen-bond donors (Lipinski definition) is 1. The van der Waals surface area contributed by atoms with Gasteiger partial charge in [0.2, 0.25) is 0 Å². The first-order valence-corrected chi connectivity index (χ1v) is 7.14. The van der Waals surface area contributed by atoms with Gasteiger partial charge in [-0.1, -0.05) is 6.92 Å². The Morgan fingerprint density at radius 3 is 2.95 bits per heavy atom. The van der Waals surface area contributed by atoms with E-state index in [-0.39, 0.29) is 0 Å². The average molecular weight is 263 g/mol. The molecule has 1 aromatic heterocycles. The van der Waals surface area contributed by atoms with E-state index in [2.05, 4.69) is 37.1 Å². The maximum atomic E-state index is 5.75. The molecule has 1 aliphatic rings. The molecule has 19 heavy (non-hydrogen) atoms. The SMILES string of the molecule is CCC1CN(c2nc(C)cc(C)c2CNC)CCO1. The number of aromatic nitrogens is 1. The normalized spacial score (nSPS) is 19.8. The quantitative estimate of drug-likeness (QED) is 0.902. The molecule has 4 nitrogen and oxygen atoms in total.